The van der Waals surface area contributed by atoms with E-state index in [2.05, 4.69) is 10.2 Å². The van der Waals surface area contributed by atoms with Crippen LogP contribution in [0.15, 0.2) is 30.3 Å². The normalized spacial score (nSPS) is 21.9. The number of hydrogen-bond donors (Lipinski definition) is 2. The van der Waals surface area contributed by atoms with Crippen LogP contribution in [-0.2, 0) is 25.6 Å². The molecule has 2 heterocycles. The number of hydrogen-bond acceptors (Lipinski definition) is 8. The number of ether oxygens (including phenoxy) is 1. The second-order valence-electron chi connectivity index (χ2n) is 7.94. The van der Waals surface area contributed by atoms with Gasteiger partial charge in [-0.3, -0.25) is 20.2 Å². The van der Waals surface area contributed by atoms with Crippen LogP contribution in [0.3, 0.4) is 0 Å². The predicted octanol–water partition coefficient (Wildman–Crippen LogP) is 2.80. The fourth-order valence-corrected chi connectivity index (χ4v) is 7.54. The molecule has 2 aliphatic heterocycles. The van der Waals surface area contributed by atoms with Gasteiger partial charge in [-0.25, -0.2) is 4.89 Å². The van der Waals surface area contributed by atoms with Crippen LogP contribution < -0.4 is 5.32 Å². The largest absolute Gasteiger partial charge is 0.465 e. The maximum atomic E-state index is 13.3. The number of likely N-dealkylation sites (tertiary alicyclic amines) is 1. The van der Waals surface area contributed by atoms with Crippen molar-refractivity contribution in [2.24, 2.45) is 0 Å². The first-order valence-electron chi connectivity index (χ1n) is 10.8. The molecule has 0 unspecified atom stereocenters. The standard InChI is InChI=1S/C22H32N2O5S2/c1-3-28-21(26)19(10-9-17-7-5-4-6-8-17)23-16(2)20(25)24-15-22(30-11-12-31-22)13-18(24)14-29-27/h4-8,16,18-19,23,27H,3,9-15H2,1-2H3/t16-,18-,19+/m0/s1. The van der Waals surface area contributed by atoms with Gasteiger partial charge in [0.2, 0.25) is 5.91 Å². The zero-order valence-electron chi connectivity index (χ0n) is 18.1. The zero-order valence-corrected chi connectivity index (χ0v) is 19.8. The van der Waals surface area contributed by atoms with E-state index in [1.165, 1.54) is 0 Å². The second kappa shape index (κ2) is 11.6. The van der Waals surface area contributed by atoms with Gasteiger partial charge in [0.25, 0.3) is 0 Å². The highest BCUT2D eigenvalue weighted by atomic mass is 32.2. The molecular formula is C22H32N2O5S2. The minimum atomic E-state index is -0.571. The highest BCUT2D eigenvalue weighted by molar-refractivity contribution is 8.21. The van der Waals surface area contributed by atoms with Gasteiger partial charge in [-0.2, -0.15) is 0 Å². The third-order valence-electron chi connectivity index (χ3n) is 5.72. The molecule has 31 heavy (non-hydrogen) atoms. The smallest absolute Gasteiger partial charge is 0.323 e. The lowest BCUT2D eigenvalue weighted by Gasteiger charge is -2.29. The average molecular weight is 469 g/mol. The maximum absolute atomic E-state index is 13.3. The van der Waals surface area contributed by atoms with E-state index in [1.807, 2.05) is 53.9 Å². The molecule has 1 spiro atoms. The Morgan fingerprint density at radius 3 is 2.65 bits per heavy atom. The van der Waals surface area contributed by atoms with Crippen LogP contribution in [0.1, 0.15) is 32.3 Å². The lowest BCUT2D eigenvalue weighted by atomic mass is 10.0. The minimum absolute atomic E-state index is 0.0214. The SMILES string of the molecule is CCOC(=O)[C@@H](CCc1ccccc1)N[C@@H](C)C(=O)N1CC2(C[C@H]1COO)SCCS2. The van der Waals surface area contributed by atoms with E-state index in [1.54, 1.807) is 18.7 Å². The van der Waals surface area contributed by atoms with Gasteiger partial charge in [0.05, 0.1) is 22.8 Å². The highest BCUT2D eigenvalue weighted by Gasteiger charge is 2.49. The summed E-state index contributed by atoms with van der Waals surface area (Å²) in [5.74, 6) is 1.71. The average Bonchev–Trinajstić information content (AvgIpc) is 3.38. The lowest BCUT2D eigenvalue weighted by molar-refractivity contribution is -0.250. The minimum Gasteiger partial charge on any atom is -0.465 e. The number of aryl methyl sites for hydroxylation is 1. The fourth-order valence-electron chi connectivity index (χ4n) is 4.21. The number of amides is 1. The number of benzene rings is 1. The number of nitrogens with zero attached hydrogens (tertiary/aromatic N) is 1. The second-order valence-corrected chi connectivity index (χ2v) is 11.2. The Morgan fingerprint density at radius 1 is 1.29 bits per heavy atom. The molecule has 0 aliphatic carbocycles. The van der Waals surface area contributed by atoms with Gasteiger partial charge in [-0.05, 0) is 38.7 Å². The molecule has 2 saturated heterocycles. The van der Waals surface area contributed by atoms with E-state index in [0.717, 1.165) is 23.5 Å². The van der Waals surface area contributed by atoms with Crippen LogP contribution in [0.2, 0.25) is 0 Å². The van der Waals surface area contributed by atoms with E-state index in [9.17, 15) is 9.59 Å². The van der Waals surface area contributed by atoms with Crippen molar-refractivity contribution in [1.29, 1.82) is 0 Å². The number of esters is 1. The summed E-state index contributed by atoms with van der Waals surface area (Å²) in [4.78, 5) is 32.1. The zero-order chi connectivity index (χ0) is 22.3. The molecule has 0 bridgehead atoms. The van der Waals surface area contributed by atoms with Crippen molar-refractivity contribution in [3.8, 4) is 0 Å². The first-order valence-corrected chi connectivity index (χ1v) is 12.8. The van der Waals surface area contributed by atoms with E-state index in [0.29, 0.717) is 26.0 Å². The predicted molar refractivity (Wildman–Crippen MR) is 124 cm³/mol. The maximum Gasteiger partial charge on any atom is 0.323 e. The number of carbonyl (C=O) groups excluding carboxylic acids is 2. The number of rotatable bonds is 10. The molecule has 0 aromatic heterocycles. The Labute approximate surface area is 192 Å². The Balaban J connectivity index is 1.65. The summed E-state index contributed by atoms with van der Waals surface area (Å²) in [5.41, 5.74) is 1.13. The summed E-state index contributed by atoms with van der Waals surface area (Å²) in [6, 6.07) is 8.65. The number of carbonyl (C=O) groups is 2. The molecular weight excluding hydrogens is 436 g/mol. The Morgan fingerprint density at radius 2 is 2.00 bits per heavy atom. The fraction of sp³-hybridized carbons (Fsp3) is 0.636. The quantitative estimate of drug-likeness (QED) is 0.308. The summed E-state index contributed by atoms with van der Waals surface area (Å²) in [6.45, 7) is 4.57. The van der Waals surface area contributed by atoms with Crippen LogP contribution in [0.25, 0.3) is 0 Å². The third kappa shape index (κ3) is 6.38. The van der Waals surface area contributed by atoms with Crippen LogP contribution in [0.4, 0.5) is 0 Å². The Bertz CT molecular complexity index is 730. The molecule has 0 saturated carbocycles. The van der Waals surface area contributed by atoms with Gasteiger partial charge in [-0.15, -0.1) is 23.5 Å². The van der Waals surface area contributed by atoms with Gasteiger partial charge in [0, 0.05) is 18.1 Å². The van der Waals surface area contributed by atoms with Crippen LogP contribution in [-0.4, -0.2) is 75.5 Å². The molecule has 0 radical (unpaired) electrons. The van der Waals surface area contributed by atoms with Crippen molar-refractivity contribution in [2.75, 3.05) is 31.3 Å². The van der Waals surface area contributed by atoms with E-state index in [-0.39, 0.29) is 28.6 Å². The molecule has 1 aromatic carbocycles. The molecule has 9 heteroatoms. The molecule has 7 nitrogen and oxygen atoms in total. The van der Waals surface area contributed by atoms with E-state index < -0.39 is 12.1 Å². The topological polar surface area (TPSA) is 88.1 Å². The first kappa shape index (κ1) is 24.4. The van der Waals surface area contributed by atoms with E-state index >= 15 is 0 Å². The molecule has 3 rings (SSSR count). The molecule has 2 N–H and O–H groups in total. The summed E-state index contributed by atoms with van der Waals surface area (Å²) in [7, 11) is 0. The summed E-state index contributed by atoms with van der Waals surface area (Å²) >= 11 is 3.77. The van der Waals surface area contributed by atoms with Crippen LogP contribution in [0, 0.1) is 0 Å². The molecule has 2 fully saturated rings. The van der Waals surface area contributed by atoms with Crippen molar-refractivity contribution >= 4 is 35.4 Å². The number of thioether (sulfide) groups is 2. The summed E-state index contributed by atoms with van der Waals surface area (Å²) < 4.78 is 5.23. The van der Waals surface area contributed by atoms with Crippen molar-refractivity contribution < 1.29 is 24.5 Å². The van der Waals surface area contributed by atoms with Gasteiger partial charge in [0.1, 0.15) is 12.6 Å². The molecule has 1 aromatic rings. The van der Waals surface area contributed by atoms with Gasteiger partial charge in [-0.1, -0.05) is 30.3 Å². The van der Waals surface area contributed by atoms with Crippen molar-refractivity contribution in [3.63, 3.8) is 0 Å². The van der Waals surface area contributed by atoms with Crippen LogP contribution in [0.5, 0.6) is 0 Å². The van der Waals surface area contributed by atoms with Gasteiger partial charge >= 0.3 is 5.97 Å². The lowest BCUT2D eigenvalue weighted by Crippen LogP contribution is -2.53. The Hall–Kier alpha value is -1.26. The van der Waals surface area contributed by atoms with Crippen molar-refractivity contribution in [1.82, 2.24) is 10.2 Å². The van der Waals surface area contributed by atoms with Crippen molar-refractivity contribution in [2.45, 2.75) is 55.3 Å². The molecule has 2 aliphatic rings. The van der Waals surface area contributed by atoms with Gasteiger partial charge in [0.15, 0.2) is 0 Å². The first-order chi connectivity index (χ1) is 15.0. The van der Waals surface area contributed by atoms with E-state index in [4.69, 9.17) is 9.99 Å². The molecule has 3 atom stereocenters. The summed E-state index contributed by atoms with van der Waals surface area (Å²) in [6.07, 6.45) is 2.04. The van der Waals surface area contributed by atoms with Crippen LogP contribution >= 0.6 is 23.5 Å². The Kier molecular flexibility index (Phi) is 9.09. The molecule has 1 amide bonds. The van der Waals surface area contributed by atoms with Crippen molar-refractivity contribution in [3.05, 3.63) is 35.9 Å². The highest BCUT2D eigenvalue weighted by Crippen LogP contribution is 2.51. The summed E-state index contributed by atoms with van der Waals surface area (Å²) in [5, 5.41) is 12.2. The molecule has 172 valence electrons. The third-order valence-corrected chi connectivity index (χ3v) is 9.15. The number of nitrogens with one attached hydrogen (secondary N) is 1. The monoisotopic (exact) mass is 468 g/mol. The van der Waals surface area contributed by atoms with Gasteiger partial charge < -0.3 is 9.64 Å².